The van der Waals surface area contributed by atoms with E-state index in [-0.39, 0.29) is 5.82 Å². The second-order valence-corrected chi connectivity index (χ2v) is 3.58. The maximum atomic E-state index is 11.0. The van der Waals surface area contributed by atoms with Crippen LogP contribution in [0.3, 0.4) is 0 Å². The van der Waals surface area contributed by atoms with Gasteiger partial charge in [0.05, 0.1) is 7.11 Å². The first-order valence-corrected chi connectivity index (χ1v) is 5.36. The van der Waals surface area contributed by atoms with Crippen molar-refractivity contribution in [1.82, 2.24) is 20.2 Å². The Balaban J connectivity index is 2.61. The number of hydrogen-bond donors (Lipinski definition) is 1. The molecule has 0 aliphatic heterocycles. The molecule has 0 saturated heterocycles. The Bertz CT molecular complexity index is 579. The van der Waals surface area contributed by atoms with Crippen molar-refractivity contribution in [3.8, 4) is 11.4 Å². The number of benzene rings is 1. The standard InChI is InChI=1S/C11H12N4O3/c1-3-7-4-5-9(18-2)8(6-7)15-10(11(16)17)12-13-14-15/h4-6H,3H2,1-2H3,(H,16,17). The molecule has 0 bridgehead atoms. The summed E-state index contributed by atoms with van der Waals surface area (Å²) in [6.45, 7) is 2.00. The number of tetrazole rings is 1. The summed E-state index contributed by atoms with van der Waals surface area (Å²) < 4.78 is 6.35. The topological polar surface area (TPSA) is 90.1 Å². The van der Waals surface area contributed by atoms with Gasteiger partial charge >= 0.3 is 5.97 Å². The third-order valence-corrected chi connectivity index (χ3v) is 2.54. The van der Waals surface area contributed by atoms with E-state index in [1.54, 1.807) is 6.07 Å². The van der Waals surface area contributed by atoms with E-state index in [1.165, 1.54) is 7.11 Å². The summed E-state index contributed by atoms with van der Waals surface area (Å²) in [7, 11) is 1.51. The molecule has 0 unspecified atom stereocenters. The average Bonchev–Trinajstić information content (AvgIpc) is 2.87. The van der Waals surface area contributed by atoms with E-state index in [0.717, 1.165) is 16.7 Å². The molecule has 0 atom stereocenters. The predicted octanol–water partition coefficient (Wildman–Crippen LogP) is 0.931. The van der Waals surface area contributed by atoms with E-state index in [0.29, 0.717) is 11.4 Å². The molecule has 7 heteroatoms. The Morgan fingerprint density at radius 2 is 2.28 bits per heavy atom. The summed E-state index contributed by atoms with van der Waals surface area (Å²) in [6, 6.07) is 5.48. The lowest BCUT2D eigenvalue weighted by Crippen LogP contribution is -2.10. The van der Waals surface area contributed by atoms with Crippen LogP contribution in [0.4, 0.5) is 0 Å². The molecule has 0 aliphatic rings. The van der Waals surface area contributed by atoms with Gasteiger partial charge in [-0.2, -0.15) is 4.68 Å². The summed E-state index contributed by atoms with van der Waals surface area (Å²) in [6.07, 6.45) is 0.821. The normalized spacial score (nSPS) is 10.3. The van der Waals surface area contributed by atoms with E-state index in [2.05, 4.69) is 15.5 Å². The van der Waals surface area contributed by atoms with Crippen molar-refractivity contribution in [1.29, 1.82) is 0 Å². The minimum Gasteiger partial charge on any atom is -0.494 e. The quantitative estimate of drug-likeness (QED) is 0.865. The lowest BCUT2D eigenvalue weighted by Gasteiger charge is -2.09. The molecular weight excluding hydrogens is 236 g/mol. The van der Waals surface area contributed by atoms with Crippen molar-refractivity contribution in [3.05, 3.63) is 29.6 Å². The molecule has 0 amide bonds. The maximum Gasteiger partial charge on any atom is 0.376 e. The minimum absolute atomic E-state index is 0.249. The highest BCUT2D eigenvalue weighted by Gasteiger charge is 2.18. The smallest absolute Gasteiger partial charge is 0.376 e. The number of nitrogens with zero attached hydrogens (tertiary/aromatic N) is 4. The molecule has 0 saturated carbocycles. The van der Waals surface area contributed by atoms with Crippen LogP contribution in [0, 0.1) is 0 Å². The van der Waals surface area contributed by atoms with Crippen LogP contribution in [0.5, 0.6) is 5.75 Å². The lowest BCUT2D eigenvalue weighted by molar-refractivity contribution is 0.0680. The Labute approximate surface area is 103 Å². The van der Waals surface area contributed by atoms with Crippen molar-refractivity contribution < 1.29 is 14.6 Å². The number of aromatic carboxylic acids is 1. The van der Waals surface area contributed by atoms with Crippen LogP contribution in [0.15, 0.2) is 18.2 Å². The predicted molar refractivity (Wildman–Crippen MR) is 62.0 cm³/mol. The molecule has 1 aromatic heterocycles. The van der Waals surface area contributed by atoms with Gasteiger partial charge in [-0.25, -0.2) is 4.79 Å². The number of ether oxygens (including phenoxy) is 1. The van der Waals surface area contributed by atoms with Crippen LogP contribution < -0.4 is 4.74 Å². The SMILES string of the molecule is CCc1ccc(OC)c(-n2nnnc2C(=O)O)c1. The number of carboxylic acid groups (broad SMARTS) is 1. The molecule has 0 radical (unpaired) electrons. The van der Waals surface area contributed by atoms with E-state index in [9.17, 15) is 4.79 Å². The first-order valence-electron chi connectivity index (χ1n) is 5.36. The zero-order chi connectivity index (χ0) is 13.1. The summed E-state index contributed by atoms with van der Waals surface area (Å²) in [5.74, 6) is -0.924. The highest BCUT2D eigenvalue weighted by Crippen LogP contribution is 2.24. The van der Waals surface area contributed by atoms with Crippen LogP contribution in [0.25, 0.3) is 5.69 Å². The number of hydrogen-bond acceptors (Lipinski definition) is 5. The monoisotopic (exact) mass is 248 g/mol. The van der Waals surface area contributed by atoms with E-state index < -0.39 is 5.97 Å². The zero-order valence-corrected chi connectivity index (χ0v) is 9.99. The molecule has 1 N–H and O–H groups in total. The van der Waals surface area contributed by atoms with Crippen LogP contribution in [-0.4, -0.2) is 38.4 Å². The van der Waals surface area contributed by atoms with E-state index in [4.69, 9.17) is 9.84 Å². The third-order valence-electron chi connectivity index (χ3n) is 2.54. The van der Waals surface area contributed by atoms with Crippen molar-refractivity contribution >= 4 is 5.97 Å². The number of carboxylic acids is 1. The van der Waals surface area contributed by atoms with Gasteiger partial charge in [0.1, 0.15) is 11.4 Å². The highest BCUT2D eigenvalue weighted by molar-refractivity contribution is 5.84. The van der Waals surface area contributed by atoms with Crippen LogP contribution >= 0.6 is 0 Å². The second kappa shape index (κ2) is 4.82. The van der Waals surface area contributed by atoms with Gasteiger partial charge < -0.3 is 9.84 Å². The summed E-state index contributed by atoms with van der Waals surface area (Å²) >= 11 is 0. The molecule has 0 aliphatic carbocycles. The molecule has 1 aromatic carbocycles. The van der Waals surface area contributed by atoms with Crippen molar-refractivity contribution in [2.45, 2.75) is 13.3 Å². The van der Waals surface area contributed by atoms with Gasteiger partial charge in [-0.15, -0.1) is 5.10 Å². The number of carbonyl (C=O) groups is 1. The van der Waals surface area contributed by atoms with Gasteiger partial charge in [-0.05, 0) is 34.5 Å². The first-order chi connectivity index (χ1) is 8.67. The van der Waals surface area contributed by atoms with Crippen molar-refractivity contribution in [2.24, 2.45) is 0 Å². The van der Waals surface area contributed by atoms with Gasteiger partial charge in [0.2, 0.25) is 0 Å². The fourth-order valence-electron chi connectivity index (χ4n) is 1.60. The number of aromatic nitrogens is 4. The number of rotatable bonds is 4. The van der Waals surface area contributed by atoms with Gasteiger partial charge in [-0.1, -0.05) is 13.0 Å². The number of aryl methyl sites for hydroxylation is 1. The fraction of sp³-hybridized carbons (Fsp3) is 0.273. The van der Waals surface area contributed by atoms with E-state index in [1.807, 2.05) is 19.1 Å². The fourth-order valence-corrected chi connectivity index (χ4v) is 1.60. The molecular formula is C11H12N4O3. The number of methoxy groups -OCH3 is 1. The first kappa shape index (κ1) is 12.0. The average molecular weight is 248 g/mol. The molecule has 18 heavy (non-hydrogen) atoms. The molecule has 0 fully saturated rings. The molecule has 1 heterocycles. The minimum atomic E-state index is -1.19. The van der Waals surface area contributed by atoms with Crippen LogP contribution in [0.2, 0.25) is 0 Å². The summed E-state index contributed by atoms with van der Waals surface area (Å²) in [4.78, 5) is 11.0. The maximum absolute atomic E-state index is 11.0. The Morgan fingerprint density at radius 3 is 2.89 bits per heavy atom. The summed E-state index contributed by atoms with van der Waals surface area (Å²) in [5, 5.41) is 19.5. The largest absolute Gasteiger partial charge is 0.494 e. The lowest BCUT2D eigenvalue weighted by atomic mass is 10.1. The molecule has 2 rings (SSSR count). The van der Waals surface area contributed by atoms with Crippen molar-refractivity contribution in [2.75, 3.05) is 7.11 Å². The third kappa shape index (κ3) is 2.02. The Hall–Kier alpha value is -2.44. The highest BCUT2D eigenvalue weighted by atomic mass is 16.5. The van der Waals surface area contributed by atoms with Gasteiger partial charge in [0, 0.05) is 0 Å². The van der Waals surface area contributed by atoms with Gasteiger partial charge in [-0.3, -0.25) is 0 Å². The summed E-state index contributed by atoms with van der Waals surface area (Å²) in [5.41, 5.74) is 1.55. The second-order valence-electron chi connectivity index (χ2n) is 3.58. The Morgan fingerprint density at radius 1 is 1.50 bits per heavy atom. The van der Waals surface area contributed by atoms with E-state index >= 15 is 0 Å². The molecule has 0 spiro atoms. The van der Waals surface area contributed by atoms with Crippen molar-refractivity contribution in [3.63, 3.8) is 0 Å². The van der Waals surface area contributed by atoms with Crippen LogP contribution in [0.1, 0.15) is 23.1 Å². The Kier molecular flexibility index (Phi) is 3.22. The van der Waals surface area contributed by atoms with Gasteiger partial charge in [0.15, 0.2) is 0 Å². The van der Waals surface area contributed by atoms with Gasteiger partial charge in [0.25, 0.3) is 5.82 Å². The zero-order valence-electron chi connectivity index (χ0n) is 9.99. The molecule has 2 aromatic rings. The molecule has 94 valence electrons. The molecule has 7 nitrogen and oxygen atoms in total. The van der Waals surface area contributed by atoms with Crippen LogP contribution in [-0.2, 0) is 6.42 Å².